The van der Waals surface area contributed by atoms with Crippen LogP contribution < -0.4 is 0 Å². The van der Waals surface area contributed by atoms with Crippen LogP contribution >= 0.6 is 0 Å². The van der Waals surface area contributed by atoms with Gasteiger partial charge >= 0.3 is 0 Å². The first-order valence-corrected chi connectivity index (χ1v) is 4.30. The molecular weight excluding hydrogens is 138 g/mol. The second kappa shape index (κ2) is 6.03. The second-order valence-electron chi connectivity index (χ2n) is 2.87. The third-order valence-electron chi connectivity index (χ3n) is 2.09. The number of hydrogen-bond acceptors (Lipinski definition) is 2. The molecule has 0 rings (SSSR count). The van der Waals surface area contributed by atoms with Gasteiger partial charge in [0.05, 0.1) is 0 Å². The maximum absolute atomic E-state index is 8.28. The molecule has 0 fully saturated rings. The Morgan fingerprint density at radius 2 is 2.09 bits per heavy atom. The van der Waals surface area contributed by atoms with Crippen molar-refractivity contribution in [2.24, 2.45) is 5.92 Å². The Bertz CT molecular complexity index is 128. The van der Waals surface area contributed by atoms with Gasteiger partial charge in [-0.2, -0.15) is 5.26 Å². The standard InChI is InChI=1S/C9H17NO/c1-4-6-9(5-2)8(3)11-7-10/h8-9H,4-6H2,1-3H3. The largest absolute Gasteiger partial charge is 0.424 e. The van der Waals surface area contributed by atoms with Gasteiger partial charge < -0.3 is 4.74 Å². The number of nitrogens with zero attached hydrogens (tertiary/aromatic N) is 1. The lowest BCUT2D eigenvalue weighted by Crippen LogP contribution is -2.17. The van der Waals surface area contributed by atoms with Crippen LogP contribution in [-0.2, 0) is 4.74 Å². The first kappa shape index (κ1) is 10.3. The van der Waals surface area contributed by atoms with Crippen molar-refractivity contribution < 1.29 is 4.74 Å². The van der Waals surface area contributed by atoms with Gasteiger partial charge in [0, 0.05) is 0 Å². The molecule has 0 amide bonds. The molecule has 2 heteroatoms. The molecule has 2 unspecified atom stereocenters. The van der Waals surface area contributed by atoms with Gasteiger partial charge in [-0.1, -0.05) is 20.3 Å². The van der Waals surface area contributed by atoms with E-state index in [0.717, 1.165) is 19.3 Å². The summed E-state index contributed by atoms with van der Waals surface area (Å²) in [5.41, 5.74) is 0. The molecule has 2 atom stereocenters. The number of rotatable bonds is 5. The van der Waals surface area contributed by atoms with Crippen LogP contribution in [0.2, 0.25) is 0 Å². The molecule has 0 heterocycles. The summed E-state index contributed by atoms with van der Waals surface area (Å²) in [4.78, 5) is 0. The molecule has 0 aliphatic carbocycles. The average Bonchev–Trinajstić information content (AvgIpc) is 2.00. The molecule has 0 bridgehead atoms. The number of hydrogen-bond donors (Lipinski definition) is 0. The zero-order chi connectivity index (χ0) is 8.69. The van der Waals surface area contributed by atoms with E-state index >= 15 is 0 Å². The Morgan fingerprint density at radius 3 is 2.45 bits per heavy atom. The number of ether oxygens (including phenoxy) is 1. The summed E-state index contributed by atoms with van der Waals surface area (Å²) in [6, 6.07) is 0. The van der Waals surface area contributed by atoms with E-state index in [2.05, 4.69) is 13.8 Å². The van der Waals surface area contributed by atoms with Crippen molar-refractivity contribution in [1.82, 2.24) is 0 Å². The van der Waals surface area contributed by atoms with E-state index in [9.17, 15) is 0 Å². The highest BCUT2D eigenvalue weighted by Gasteiger charge is 2.14. The topological polar surface area (TPSA) is 33.0 Å². The molecule has 0 aromatic heterocycles. The van der Waals surface area contributed by atoms with E-state index in [4.69, 9.17) is 10.00 Å². The Hall–Kier alpha value is -0.710. The highest BCUT2D eigenvalue weighted by atomic mass is 16.5. The van der Waals surface area contributed by atoms with Gasteiger partial charge in [0.2, 0.25) is 0 Å². The van der Waals surface area contributed by atoms with Crippen LogP contribution in [0, 0.1) is 17.4 Å². The minimum Gasteiger partial charge on any atom is -0.424 e. The summed E-state index contributed by atoms with van der Waals surface area (Å²) in [7, 11) is 0. The second-order valence-corrected chi connectivity index (χ2v) is 2.87. The lowest BCUT2D eigenvalue weighted by Gasteiger charge is -2.18. The summed E-state index contributed by atoms with van der Waals surface area (Å²) < 4.78 is 4.85. The quantitative estimate of drug-likeness (QED) is 0.572. The molecular formula is C9H17NO. The van der Waals surface area contributed by atoms with E-state index in [0.29, 0.717) is 5.92 Å². The lowest BCUT2D eigenvalue weighted by atomic mass is 9.95. The molecule has 0 saturated heterocycles. The van der Waals surface area contributed by atoms with Crippen molar-refractivity contribution in [1.29, 1.82) is 5.26 Å². The first-order chi connectivity index (χ1) is 5.26. The molecule has 0 aliphatic rings. The van der Waals surface area contributed by atoms with Crippen LogP contribution in [0.5, 0.6) is 0 Å². The van der Waals surface area contributed by atoms with Crippen molar-refractivity contribution in [2.75, 3.05) is 0 Å². The maximum Gasteiger partial charge on any atom is 0.286 e. The Morgan fingerprint density at radius 1 is 1.45 bits per heavy atom. The molecule has 0 saturated carbocycles. The van der Waals surface area contributed by atoms with Crippen LogP contribution in [-0.4, -0.2) is 6.10 Å². The Labute approximate surface area is 69.2 Å². The fourth-order valence-electron chi connectivity index (χ4n) is 1.32. The first-order valence-electron chi connectivity index (χ1n) is 4.30. The third-order valence-corrected chi connectivity index (χ3v) is 2.09. The molecule has 0 aromatic rings. The van der Waals surface area contributed by atoms with Crippen molar-refractivity contribution in [3.8, 4) is 6.26 Å². The van der Waals surface area contributed by atoms with Crippen molar-refractivity contribution in [2.45, 2.75) is 46.1 Å². The summed E-state index contributed by atoms with van der Waals surface area (Å²) in [6.07, 6.45) is 5.24. The number of nitriles is 1. The van der Waals surface area contributed by atoms with E-state index in [1.807, 2.05) is 6.92 Å². The minimum absolute atomic E-state index is 0.0879. The van der Waals surface area contributed by atoms with Gasteiger partial charge in [-0.3, -0.25) is 0 Å². The minimum atomic E-state index is 0.0879. The fourth-order valence-corrected chi connectivity index (χ4v) is 1.32. The fraction of sp³-hybridized carbons (Fsp3) is 0.889. The molecule has 2 nitrogen and oxygen atoms in total. The highest BCUT2D eigenvalue weighted by molar-refractivity contribution is 4.67. The molecule has 0 aromatic carbocycles. The average molecular weight is 155 g/mol. The van der Waals surface area contributed by atoms with Crippen LogP contribution in [0.15, 0.2) is 0 Å². The van der Waals surface area contributed by atoms with Crippen LogP contribution in [0.4, 0.5) is 0 Å². The van der Waals surface area contributed by atoms with E-state index in [-0.39, 0.29) is 6.10 Å². The van der Waals surface area contributed by atoms with Crippen molar-refractivity contribution in [3.63, 3.8) is 0 Å². The van der Waals surface area contributed by atoms with Gasteiger partial charge in [-0.05, 0) is 25.7 Å². The predicted octanol–water partition coefficient (Wildman–Crippen LogP) is 2.70. The zero-order valence-corrected chi connectivity index (χ0v) is 7.63. The van der Waals surface area contributed by atoms with Gasteiger partial charge in [0.25, 0.3) is 6.26 Å². The SMILES string of the molecule is CCCC(CC)C(C)OC#N. The van der Waals surface area contributed by atoms with Crippen LogP contribution in [0.25, 0.3) is 0 Å². The smallest absolute Gasteiger partial charge is 0.286 e. The molecule has 0 radical (unpaired) electrons. The predicted molar refractivity (Wildman–Crippen MR) is 44.8 cm³/mol. The Kier molecular flexibility index (Phi) is 5.64. The van der Waals surface area contributed by atoms with Crippen molar-refractivity contribution in [3.05, 3.63) is 0 Å². The normalized spacial score (nSPS) is 15.1. The van der Waals surface area contributed by atoms with Gasteiger partial charge in [-0.25, -0.2) is 0 Å². The van der Waals surface area contributed by atoms with Gasteiger partial charge in [0.1, 0.15) is 6.10 Å². The third kappa shape index (κ3) is 3.87. The summed E-state index contributed by atoms with van der Waals surface area (Å²) in [5.74, 6) is 0.541. The zero-order valence-electron chi connectivity index (χ0n) is 7.63. The molecule has 0 N–H and O–H groups in total. The Balaban J connectivity index is 3.73. The molecule has 11 heavy (non-hydrogen) atoms. The van der Waals surface area contributed by atoms with Crippen molar-refractivity contribution >= 4 is 0 Å². The van der Waals surface area contributed by atoms with Crippen LogP contribution in [0.3, 0.4) is 0 Å². The van der Waals surface area contributed by atoms with E-state index < -0.39 is 0 Å². The molecule has 64 valence electrons. The maximum atomic E-state index is 8.28. The van der Waals surface area contributed by atoms with E-state index in [1.165, 1.54) is 0 Å². The summed E-state index contributed by atoms with van der Waals surface area (Å²) in [5, 5.41) is 8.28. The van der Waals surface area contributed by atoms with Gasteiger partial charge in [0.15, 0.2) is 0 Å². The van der Waals surface area contributed by atoms with E-state index in [1.54, 1.807) is 6.26 Å². The molecule has 0 aliphatic heterocycles. The summed E-state index contributed by atoms with van der Waals surface area (Å²) in [6.45, 7) is 6.26. The monoisotopic (exact) mass is 155 g/mol. The lowest BCUT2D eigenvalue weighted by molar-refractivity contribution is 0.108. The summed E-state index contributed by atoms with van der Waals surface area (Å²) >= 11 is 0. The van der Waals surface area contributed by atoms with Crippen LogP contribution in [0.1, 0.15) is 40.0 Å². The highest BCUT2D eigenvalue weighted by Crippen LogP contribution is 2.17. The van der Waals surface area contributed by atoms with Gasteiger partial charge in [-0.15, -0.1) is 0 Å². The molecule has 0 spiro atoms.